The highest BCUT2D eigenvalue weighted by Gasteiger charge is 2.40. The molecule has 0 radical (unpaired) electrons. The van der Waals surface area contributed by atoms with E-state index in [0.29, 0.717) is 36.0 Å². The summed E-state index contributed by atoms with van der Waals surface area (Å²) in [5.74, 6) is 2.35. The van der Waals surface area contributed by atoms with Gasteiger partial charge in [0.25, 0.3) is 11.8 Å². The summed E-state index contributed by atoms with van der Waals surface area (Å²) in [5, 5.41) is 5.65. The number of rotatable bonds is 11. The van der Waals surface area contributed by atoms with E-state index in [0.717, 1.165) is 74.2 Å². The number of carbonyl (C=O) groups excluding carboxylic acids is 4. The van der Waals surface area contributed by atoms with Crippen molar-refractivity contribution < 1.29 is 33.1 Å². The number of H-pyrrole nitrogens is 1. The van der Waals surface area contributed by atoms with Crippen LogP contribution in [-0.4, -0.2) is 73.0 Å². The van der Waals surface area contributed by atoms with Crippen molar-refractivity contribution >= 4 is 24.0 Å². The van der Waals surface area contributed by atoms with Crippen LogP contribution >= 0.6 is 0 Å². The minimum atomic E-state index is -0.909. The van der Waals surface area contributed by atoms with Gasteiger partial charge in [-0.1, -0.05) is 84.9 Å². The van der Waals surface area contributed by atoms with Crippen molar-refractivity contribution in [2.75, 3.05) is 13.1 Å². The number of alkyl carbamates (subject to hydrolysis) is 2. The third-order valence-electron chi connectivity index (χ3n) is 12.7. The van der Waals surface area contributed by atoms with Crippen molar-refractivity contribution in [1.82, 2.24) is 35.4 Å². The van der Waals surface area contributed by atoms with Gasteiger partial charge in [0.05, 0.1) is 24.1 Å². The van der Waals surface area contributed by atoms with E-state index in [1.165, 1.54) is 5.56 Å². The average molecular weight is 898 g/mol. The number of aromatic amines is 1. The molecule has 4 heterocycles. The third kappa shape index (κ3) is 11.0. The quantitative estimate of drug-likeness (QED) is 0.117. The molecule has 14 nitrogen and oxygen atoms in total. The Bertz CT molecular complexity index is 2450. The second-order valence-electron chi connectivity index (χ2n) is 19.8. The number of likely N-dealkylation sites (tertiary alicyclic amines) is 2. The number of carbonyl (C=O) groups is 4. The number of ether oxygens (including phenoxy) is 2. The van der Waals surface area contributed by atoms with E-state index >= 15 is 0 Å². The predicted octanol–water partition coefficient (Wildman–Crippen LogP) is 10.4. The van der Waals surface area contributed by atoms with Crippen LogP contribution in [0.4, 0.5) is 9.59 Å². The molecule has 66 heavy (non-hydrogen) atoms. The van der Waals surface area contributed by atoms with Crippen molar-refractivity contribution in [2.45, 2.75) is 140 Å². The molecule has 14 heteroatoms. The molecule has 348 valence electrons. The molecule has 0 bridgehead atoms. The van der Waals surface area contributed by atoms with Crippen LogP contribution in [0.15, 0.2) is 102 Å². The highest BCUT2D eigenvalue weighted by molar-refractivity contribution is 5.88. The van der Waals surface area contributed by atoms with Gasteiger partial charge in [-0.05, 0) is 121 Å². The van der Waals surface area contributed by atoms with Gasteiger partial charge in [0.15, 0.2) is 0 Å². The summed E-state index contributed by atoms with van der Waals surface area (Å²) in [7, 11) is 0. The number of nitrogens with one attached hydrogen (secondary N) is 3. The molecule has 2 aromatic heterocycles. The lowest BCUT2D eigenvalue weighted by atomic mass is 9.78. The van der Waals surface area contributed by atoms with Gasteiger partial charge in [0.2, 0.25) is 5.89 Å². The van der Waals surface area contributed by atoms with Crippen molar-refractivity contribution in [3.63, 3.8) is 0 Å². The van der Waals surface area contributed by atoms with Gasteiger partial charge in [-0.3, -0.25) is 9.59 Å². The van der Waals surface area contributed by atoms with Gasteiger partial charge in [-0.15, -0.1) is 0 Å². The molecule has 3 fully saturated rings. The van der Waals surface area contributed by atoms with E-state index in [1.54, 1.807) is 46.4 Å². The largest absolute Gasteiger partial charge is 0.444 e. The molecule has 0 spiro atoms. The van der Waals surface area contributed by atoms with Crippen LogP contribution in [0.25, 0.3) is 11.3 Å². The zero-order valence-electron chi connectivity index (χ0n) is 38.9. The number of oxazole rings is 1. The lowest BCUT2D eigenvalue weighted by Crippen LogP contribution is -2.44. The van der Waals surface area contributed by atoms with E-state index in [2.05, 4.69) is 39.9 Å². The Morgan fingerprint density at radius 1 is 0.636 bits per heavy atom. The van der Waals surface area contributed by atoms with Gasteiger partial charge in [0.1, 0.15) is 40.9 Å². The van der Waals surface area contributed by atoms with Gasteiger partial charge in [0, 0.05) is 19.0 Å². The number of nitrogens with zero attached hydrogens (tertiary/aromatic N) is 4. The average Bonchev–Trinajstić information content (AvgIpc) is 4.14. The molecular formula is C52H63N7O7. The summed E-state index contributed by atoms with van der Waals surface area (Å²) < 4.78 is 17.5. The zero-order chi connectivity index (χ0) is 46.6. The first-order chi connectivity index (χ1) is 31.6. The first-order valence-electron chi connectivity index (χ1n) is 23.4. The molecule has 3 aliphatic rings. The summed E-state index contributed by atoms with van der Waals surface area (Å²) in [6.07, 6.45) is 9.43. The topological polar surface area (TPSA) is 172 Å². The highest BCUT2D eigenvalue weighted by atomic mass is 16.6. The zero-order valence-corrected chi connectivity index (χ0v) is 38.9. The molecule has 4 atom stereocenters. The second kappa shape index (κ2) is 19.6. The monoisotopic (exact) mass is 897 g/mol. The number of imidazole rings is 1. The number of aromatic nitrogens is 3. The third-order valence-corrected chi connectivity index (χ3v) is 12.7. The van der Waals surface area contributed by atoms with Crippen molar-refractivity contribution in [3.05, 3.63) is 131 Å². The Hall–Kier alpha value is -6.44. The summed E-state index contributed by atoms with van der Waals surface area (Å²) in [5.41, 5.74) is 3.14. The normalized spacial score (nSPS) is 20.9. The number of benzene rings is 3. The van der Waals surface area contributed by atoms with Gasteiger partial charge in [-0.25, -0.2) is 19.6 Å². The van der Waals surface area contributed by atoms with Crippen LogP contribution in [-0.2, 0) is 19.1 Å². The molecule has 3 aromatic carbocycles. The Kier molecular flexibility index (Phi) is 13.7. The van der Waals surface area contributed by atoms with E-state index in [9.17, 15) is 19.2 Å². The smallest absolute Gasteiger partial charge is 0.408 e. The van der Waals surface area contributed by atoms with Crippen LogP contribution < -0.4 is 10.6 Å². The van der Waals surface area contributed by atoms with Crippen LogP contribution in [0.5, 0.6) is 0 Å². The minimum absolute atomic E-state index is 0.203. The molecule has 1 aliphatic carbocycles. The van der Waals surface area contributed by atoms with Gasteiger partial charge >= 0.3 is 12.2 Å². The van der Waals surface area contributed by atoms with E-state index in [-0.39, 0.29) is 29.8 Å². The fourth-order valence-corrected chi connectivity index (χ4v) is 9.59. The fourth-order valence-electron chi connectivity index (χ4n) is 9.59. The summed E-state index contributed by atoms with van der Waals surface area (Å²) in [6.45, 7) is 11.9. The summed E-state index contributed by atoms with van der Waals surface area (Å²) in [6, 6.07) is 24.8. The van der Waals surface area contributed by atoms with Crippen LogP contribution in [0, 0.1) is 0 Å². The first kappa shape index (κ1) is 46.1. The predicted molar refractivity (Wildman–Crippen MR) is 249 cm³/mol. The Morgan fingerprint density at radius 2 is 1.14 bits per heavy atom. The first-order valence-corrected chi connectivity index (χ1v) is 23.4. The summed E-state index contributed by atoms with van der Waals surface area (Å²) >= 11 is 0. The SMILES string of the molecule is CC(C)(C)OC(=O)N[C@@H](C(=O)N1CCC[C@H]1c1ncc(-c2ccc(C3CCC(c4cnc([C@@H]5CCCN5C(=O)[C@H](NC(=O)OC(C)(C)C)c5ccccc5)o4)CC3)cc2)[nH]1)c1ccccc1. The molecule has 1 saturated carbocycles. The standard InChI is InChI=1S/C52H63N7O7/c1-51(2,3)65-49(62)56-43(37-15-9-7-10-16-37)47(60)58-29-13-19-40(58)45-53-31-39(55-45)35-25-21-33(22-26-35)34-23-27-36(28-24-34)42-32-54-46(64-42)41-20-14-30-59(41)48(61)44(38-17-11-8-12-18-38)57-50(63)66-52(4,5)6/h7-12,15-18,21-22,25-26,31-32,34,36,40-41,43-44H,13-14,19-20,23-24,27-30H2,1-6H3,(H,53,55)(H,56,62)(H,57,63)/t34?,36?,40-,41-,43+,44+/m0/s1. The minimum Gasteiger partial charge on any atom is -0.444 e. The lowest BCUT2D eigenvalue weighted by Gasteiger charge is -2.29. The molecule has 2 saturated heterocycles. The molecule has 4 amide bonds. The van der Waals surface area contributed by atoms with Gasteiger partial charge in [-0.2, -0.15) is 0 Å². The fraction of sp³-hybridized carbons (Fsp3) is 0.462. The number of hydrogen-bond donors (Lipinski definition) is 3. The Labute approximate surface area is 387 Å². The molecule has 0 unspecified atom stereocenters. The number of amides is 4. The van der Waals surface area contributed by atoms with Crippen LogP contribution in [0.3, 0.4) is 0 Å². The molecule has 5 aromatic rings. The maximum absolute atomic E-state index is 14.2. The van der Waals surface area contributed by atoms with Crippen molar-refractivity contribution in [3.8, 4) is 11.3 Å². The Morgan fingerprint density at radius 3 is 1.67 bits per heavy atom. The highest BCUT2D eigenvalue weighted by Crippen LogP contribution is 2.43. The number of hydrogen-bond acceptors (Lipinski definition) is 9. The lowest BCUT2D eigenvalue weighted by molar-refractivity contribution is -0.135. The Balaban J connectivity index is 0.876. The molecule has 8 rings (SSSR count). The van der Waals surface area contributed by atoms with E-state index in [1.807, 2.05) is 78.0 Å². The molecule has 3 N–H and O–H groups in total. The van der Waals surface area contributed by atoms with Crippen LogP contribution in [0.1, 0.15) is 163 Å². The van der Waals surface area contributed by atoms with Gasteiger partial charge < -0.3 is 39.3 Å². The molecular weight excluding hydrogens is 835 g/mol. The van der Waals surface area contributed by atoms with Crippen LogP contribution in [0.2, 0.25) is 0 Å². The maximum atomic E-state index is 14.2. The van der Waals surface area contributed by atoms with Crippen molar-refractivity contribution in [1.29, 1.82) is 0 Å². The summed E-state index contributed by atoms with van der Waals surface area (Å²) in [4.78, 5) is 70.7. The van der Waals surface area contributed by atoms with E-state index < -0.39 is 35.5 Å². The maximum Gasteiger partial charge on any atom is 0.408 e. The second-order valence-corrected chi connectivity index (χ2v) is 19.8. The molecule has 2 aliphatic heterocycles. The van der Waals surface area contributed by atoms with Crippen molar-refractivity contribution in [2.24, 2.45) is 0 Å². The van der Waals surface area contributed by atoms with E-state index in [4.69, 9.17) is 23.9 Å².